The van der Waals surface area contributed by atoms with E-state index in [2.05, 4.69) is 160 Å². The van der Waals surface area contributed by atoms with Gasteiger partial charge in [-0.3, -0.25) is 0 Å². The van der Waals surface area contributed by atoms with Crippen molar-refractivity contribution >= 4 is 59.4 Å². The van der Waals surface area contributed by atoms with Gasteiger partial charge in [-0.1, -0.05) is 0 Å². The summed E-state index contributed by atoms with van der Waals surface area (Å²) in [6.07, 6.45) is 15.7. The molecule has 0 bridgehead atoms. The maximum absolute atomic E-state index is 8.51. The maximum atomic E-state index is 8.51. The Morgan fingerprint density at radius 1 is 0.568 bits per heavy atom. The normalized spacial score (nSPS) is 18.8. The van der Waals surface area contributed by atoms with Crippen LogP contribution in [-0.4, -0.2) is 5.92 Å². The van der Waals surface area contributed by atoms with Gasteiger partial charge in [0, 0.05) is 0 Å². The molecule has 2 aliphatic carbocycles. The van der Waals surface area contributed by atoms with Gasteiger partial charge in [0.15, 0.2) is 0 Å². The Balaban J connectivity index is 1.49. The van der Waals surface area contributed by atoms with Crippen LogP contribution < -0.4 is 0 Å². The summed E-state index contributed by atoms with van der Waals surface area (Å²) in [6, 6.07) is 34.6. The molecule has 4 heteroatoms. The van der Waals surface area contributed by atoms with E-state index in [9.17, 15) is 0 Å². The number of rotatable bonds is 9. The molecule has 0 fully saturated rings. The van der Waals surface area contributed by atoms with E-state index in [4.69, 9.17) is 17.0 Å². The Bertz CT molecular complexity index is 1670. The van der Waals surface area contributed by atoms with Gasteiger partial charge >= 0.3 is 275 Å². The fraction of sp³-hybridized carbons (Fsp3) is 0.200. The van der Waals surface area contributed by atoms with E-state index < -0.39 is 21.5 Å². The van der Waals surface area contributed by atoms with Gasteiger partial charge in [-0.25, -0.2) is 0 Å². The Morgan fingerprint density at radius 3 is 1.34 bits per heavy atom. The van der Waals surface area contributed by atoms with Gasteiger partial charge in [0.05, 0.1) is 0 Å². The first-order chi connectivity index (χ1) is 21.3. The number of benzene rings is 4. The third-order valence-electron chi connectivity index (χ3n) is 9.90. The molecule has 0 heterocycles. The summed E-state index contributed by atoms with van der Waals surface area (Å²) < 4.78 is 0.233. The molecule has 223 valence electrons. The fourth-order valence-corrected chi connectivity index (χ4v) is 39.3. The molecule has 0 radical (unpaired) electrons. The van der Waals surface area contributed by atoms with Gasteiger partial charge in [-0.2, -0.15) is 0 Å². The molecule has 0 saturated heterocycles. The quantitative estimate of drug-likeness (QED) is 0.120. The van der Waals surface area contributed by atoms with Crippen LogP contribution in [0.5, 0.6) is 0 Å². The van der Waals surface area contributed by atoms with Crippen LogP contribution in [0.1, 0.15) is 78.4 Å². The molecule has 0 spiro atoms. The molecule has 2 atom stereocenters. The van der Waals surface area contributed by atoms with Crippen LogP contribution in [0.2, 0.25) is 13.1 Å². The number of hydrogen-bond acceptors (Lipinski definition) is 0. The van der Waals surface area contributed by atoms with Crippen LogP contribution in [0.3, 0.4) is 0 Å². The van der Waals surface area contributed by atoms with Crippen LogP contribution in [-0.2, 0) is 15.6 Å². The zero-order valence-corrected chi connectivity index (χ0v) is 31.2. The second-order valence-electron chi connectivity index (χ2n) is 12.6. The molecule has 2 unspecified atom stereocenters. The van der Waals surface area contributed by atoms with Gasteiger partial charge in [0.1, 0.15) is 0 Å². The number of hydrogen-bond donors (Lipinski definition) is 0. The van der Waals surface area contributed by atoms with E-state index in [0.29, 0.717) is 0 Å². The van der Waals surface area contributed by atoms with Crippen molar-refractivity contribution in [3.05, 3.63) is 153 Å². The molecule has 4 aromatic rings. The Kier molecular flexibility index (Phi) is 9.11. The van der Waals surface area contributed by atoms with Crippen LogP contribution in [0.4, 0.5) is 0 Å². The second kappa shape index (κ2) is 12.7. The van der Waals surface area contributed by atoms with Crippen LogP contribution in [0, 0.1) is 0 Å². The summed E-state index contributed by atoms with van der Waals surface area (Å²) in [5.41, 5.74) is 13.0. The van der Waals surface area contributed by atoms with Crippen LogP contribution in [0.15, 0.2) is 108 Å². The molecule has 0 nitrogen and oxygen atoms in total. The Hall–Kier alpha value is -2.48. The first-order valence-corrected chi connectivity index (χ1v) is 32.3. The third-order valence-corrected chi connectivity index (χ3v) is 61.8. The minimum atomic E-state index is -4.72. The zero-order valence-electron chi connectivity index (χ0n) is 26.1. The van der Waals surface area contributed by atoms with Crippen molar-refractivity contribution in [2.75, 3.05) is 0 Å². The zero-order chi connectivity index (χ0) is 30.9. The molecule has 0 N–H and O–H groups in total. The SMILES string of the molecule is CCC1=Cc2c(C=Cc3ccccc3)cccc2[CH]1[Zr]([Cl])([Cl])([CH]1C(CC)=Cc2c(C=Cc3ccccc3)cccc21)[SiH](C)C. The molecule has 0 aromatic heterocycles. The van der Waals surface area contributed by atoms with E-state index in [0.717, 1.165) is 12.8 Å². The van der Waals surface area contributed by atoms with Gasteiger partial charge in [-0.05, 0) is 0 Å². The van der Waals surface area contributed by atoms with Crippen molar-refractivity contribution in [2.24, 2.45) is 0 Å². The molecular weight excluding hydrogens is 671 g/mol. The summed E-state index contributed by atoms with van der Waals surface area (Å²) in [5, 5.41) is 0. The molecular formula is C40H41Cl2SiZr. The van der Waals surface area contributed by atoms with Gasteiger partial charge in [-0.15, -0.1) is 0 Å². The Morgan fingerprint density at radius 2 is 0.977 bits per heavy atom. The van der Waals surface area contributed by atoms with Crippen molar-refractivity contribution in [2.45, 2.75) is 47.0 Å². The van der Waals surface area contributed by atoms with E-state index in [1.165, 1.54) is 55.7 Å². The summed E-state index contributed by atoms with van der Waals surface area (Å²) in [4.78, 5) is 0. The number of halogens is 2. The van der Waals surface area contributed by atoms with E-state index in [1.54, 1.807) is 0 Å². The third kappa shape index (κ3) is 5.47. The van der Waals surface area contributed by atoms with Crippen molar-refractivity contribution < 1.29 is 15.6 Å². The molecule has 2 aliphatic rings. The molecule has 0 aliphatic heterocycles. The number of allylic oxidation sites excluding steroid dienone is 2. The predicted molar refractivity (Wildman–Crippen MR) is 196 cm³/mol. The number of fused-ring (bicyclic) bond motifs is 2. The van der Waals surface area contributed by atoms with Crippen molar-refractivity contribution in [3.63, 3.8) is 0 Å². The Labute approximate surface area is 272 Å². The van der Waals surface area contributed by atoms with Gasteiger partial charge < -0.3 is 0 Å². The summed E-state index contributed by atoms with van der Waals surface area (Å²) in [5.74, 6) is -1.58. The van der Waals surface area contributed by atoms with Crippen molar-refractivity contribution in [1.29, 1.82) is 0 Å². The molecule has 0 saturated carbocycles. The molecule has 44 heavy (non-hydrogen) atoms. The summed E-state index contributed by atoms with van der Waals surface area (Å²) in [6.45, 7) is 9.42. The first-order valence-electron chi connectivity index (χ1n) is 16.0. The molecule has 4 aromatic carbocycles. The summed E-state index contributed by atoms with van der Waals surface area (Å²) >= 11 is -4.72. The topological polar surface area (TPSA) is 0 Å². The second-order valence-corrected chi connectivity index (χ2v) is 55.1. The average molecular weight is 712 g/mol. The average Bonchev–Trinajstić information content (AvgIpc) is 3.64. The van der Waals surface area contributed by atoms with E-state index in [-0.39, 0.29) is 7.25 Å². The predicted octanol–water partition coefficient (Wildman–Crippen LogP) is 12.4. The molecule has 0 amide bonds. The van der Waals surface area contributed by atoms with Gasteiger partial charge in [0.2, 0.25) is 0 Å². The fourth-order valence-electron chi connectivity index (χ4n) is 7.52. The first kappa shape index (κ1) is 31.5. The van der Waals surface area contributed by atoms with Crippen LogP contribution >= 0.6 is 17.0 Å². The standard InChI is InChI=1S/2C19H17.C2H7Si.2ClH.Zr/c2*1-2-15-13-18-10-6-9-17(19(18)14-15)12-11-16-7-4-3-5-8-16;1-3-2;;;/h2*3-14H,2H2,1H3;3H,1-2H3;2*1H;/q;;;;;+2/p-2. The van der Waals surface area contributed by atoms with E-state index in [1.807, 2.05) is 0 Å². The monoisotopic (exact) mass is 709 g/mol. The summed E-state index contributed by atoms with van der Waals surface area (Å²) in [7, 11) is 17.0. The van der Waals surface area contributed by atoms with Crippen molar-refractivity contribution in [3.8, 4) is 0 Å². The van der Waals surface area contributed by atoms with Gasteiger partial charge in [0.25, 0.3) is 0 Å². The van der Waals surface area contributed by atoms with Crippen molar-refractivity contribution in [1.82, 2.24) is 0 Å². The molecule has 6 rings (SSSR count). The van der Waals surface area contributed by atoms with E-state index >= 15 is 0 Å². The van der Waals surface area contributed by atoms with Crippen LogP contribution in [0.25, 0.3) is 36.5 Å². The minimum absolute atomic E-state index is 0.117.